The van der Waals surface area contributed by atoms with Gasteiger partial charge < -0.3 is 15.8 Å². The maximum atomic E-state index is 12.0. The molecule has 0 spiro atoms. The molecule has 118 valence electrons. The number of nitrogens with two attached hydrogens (primary N) is 1. The highest BCUT2D eigenvalue weighted by molar-refractivity contribution is 7.99. The third-order valence-electron chi connectivity index (χ3n) is 3.30. The number of ether oxygens (including phenoxy) is 1. The molecule has 4 nitrogen and oxygen atoms in total. The Morgan fingerprint density at radius 3 is 2.71 bits per heavy atom. The summed E-state index contributed by atoms with van der Waals surface area (Å²) in [5.41, 5.74) is 8.79. The minimum atomic E-state index is -0.231. The molecule has 0 aliphatic carbocycles. The lowest BCUT2D eigenvalue weighted by Gasteiger charge is -2.15. The zero-order valence-corrected chi connectivity index (χ0v) is 14.1. The summed E-state index contributed by atoms with van der Waals surface area (Å²) in [5, 5.41) is 3.55. The van der Waals surface area contributed by atoms with Crippen LogP contribution in [0.2, 0.25) is 0 Å². The first-order valence-electron chi connectivity index (χ1n) is 7.20. The standard InChI is InChI=1S/C16H26N2O2S/c1-11(2)21-10-13-6-5-7-15(12(13)3)18-16(19)8-14(9-17)20-4/h5-7,11,14H,8-10,17H2,1-4H3,(H,18,19). The fourth-order valence-electron chi connectivity index (χ4n) is 1.90. The molecule has 5 heteroatoms. The average Bonchev–Trinajstić information content (AvgIpc) is 2.45. The molecule has 0 radical (unpaired) electrons. The van der Waals surface area contributed by atoms with E-state index in [4.69, 9.17) is 10.5 Å². The lowest BCUT2D eigenvalue weighted by Crippen LogP contribution is -2.28. The van der Waals surface area contributed by atoms with Crippen LogP contribution >= 0.6 is 11.8 Å². The molecule has 0 aliphatic rings. The van der Waals surface area contributed by atoms with Crippen molar-refractivity contribution in [2.24, 2.45) is 5.73 Å². The predicted molar refractivity (Wildman–Crippen MR) is 90.7 cm³/mol. The first-order valence-corrected chi connectivity index (χ1v) is 8.25. The number of thioether (sulfide) groups is 1. The zero-order valence-electron chi connectivity index (χ0n) is 13.3. The maximum Gasteiger partial charge on any atom is 0.227 e. The van der Waals surface area contributed by atoms with Gasteiger partial charge in [-0.1, -0.05) is 26.0 Å². The maximum absolute atomic E-state index is 12.0. The van der Waals surface area contributed by atoms with Crippen molar-refractivity contribution in [2.75, 3.05) is 19.0 Å². The summed E-state index contributed by atoms with van der Waals surface area (Å²) in [6, 6.07) is 6.02. The number of rotatable bonds is 8. The molecule has 0 aliphatic heterocycles. The SMILES string of the molecule is COC(CN)CC(=O)Nc1cccc(CSC(C)C)c1C. The number of hydrogen-bond acceptors (Lipinski definition) is 4. The van der Waals surface area contributed by atoms with E-state index < -0.39 is 0 Å². The summed E-state index contributed by atoms with van der Waals surface area (Å²) in [6.45, 7) is 6.75. The second-order valence-corrected chi connectivity index (χ2v) is 6.86. The van der Waals surface area contributed by atoms with Crippen molar-refractivity contribution in [1.82, 2.24) is 0 Å². The van der Waals surface area contributed by atoms with Crippen LogP contribution in [-0.2, 0) is 15.3 Å². The van der Waals surface area contributed by atoms with E-state index in [1.165, 1.54) is 5.56 Å². The normalized spacial score (nSPS) is 12.5. The third-order valence-corrected chi connectivity index (χ3v) is 4.45. The van der Waals surface area contributed by atoms with Crippen molar-refractivity contribution in [3.8, 4) is 0 Å². The van der Waals surface area contributed by atoms with Crippen molar-refractivity contribution in [3.05, 3.63) is 29.3 Å². The second kappa shape index (κ2) is 9.07. The number of amides is 1. The Bertz CT molecular complexity index is 460. The van der Waals surface area contributed by atoms with Crippen LogP contribution in [-0.4, -0.2) is 30.9 Å². The molecule has 1 aromatic carbocycles. The Labute approximate surface area is 131 Å². The zero-order chi connectivity index (χ0) is 15.8. The summed E-state index contributed by atoms with van der Waals surface area (Å²) >= 11 is 1.89. The second-order valence-electron chi connectivity index (χ2n) is 5.30. The van der Waals surface area contributed by atoms with Crippen molar-refractivity contribution in [3.63, 3.8) is 0 Å². The number of methoxy groups -OCH3 is 1. The minimum Gasteiger partial charge on any atom is -0.380 e. The molecule has 3 N–H and O–H groups in total. The van der Waals surface area contributed by atoms with Gasteiger partial charge in [-0.2, -0.15) is 11.8 Å². The van der Waals surface area contributed by atoms with E-state index in [9.17, 15) is 4.79 Å². The van der Waals surface area contributed by atoms with Crippen LogP contribution in [0.1, 0.15) is 31.4 Å². The van der Waals surface area contributed by atoms with E-state index >= 15 is 0 Å². The number of carbonyl (C=O) groups is 1. The topological polar surface area (TPSA) is 64.3 Å². The molecular weight excluding hydrogens is 284 g/mol. The fourth-order valence-corrected chi connectivity index (χ4v) is 2.73. The minimum absolute atomic E-state index is 0.0657. The van der Waals surface area contributed by atoms with E-state index in [1.807, 2.05) is 30.8 Å². The molecule has 0 heterocycles. The van der Waals surface area contributed by atoms with Gasteiger partial charge in [-0.15, -0.1) is 0 Å². The smallest absolute Gasteiger partial charge is 0.227 e. The van der Waals surface area contributed by atoms with Gasteiger partial charge in [0.2, 0.25) is 5.91 Å². The van der Waals surface area contributed by atoms with Gasteiger partial charge in [-0.05, 0) is 29.4 Å². The van der Waals surface area contributed by atoms with Gasteiger partial charge in [-0.25, -0.2) is 0 Å². The van der Waals surface area contributed by atoms with Gasteiger partial charge >= 0.3 is 0 Å². The molecule has 0 aromatic heterocycles. The Morgan fingerprint density at radius 2 is 2.14 bits per heavy atom. The van der Waals surface area contributed by atoms with Crippen LogP contribution in [0.5, 0.6) is 0 Å². The molecule has 21 heavy (non-hydrogen) atoms. The molecule has 1 amide bonds. The van der Waals surface area contributed by atoms with Crippen LogP contribution in [0.25, 0.3) is 0 Å². The van der Waals surface area contributed by atoms with E-state index in [2.05, 4.69) is 25.2 Å². The molecular formula is C16H26N2O2S. The summed E-state index contributed by atoms with van der Waals surface area (Å²) in [7, 11) is 1.57. The molecule has 0 saturated heterocycles. The van der Waals surface area contributed by atoms with Crippen molar-refractivity contribution < 1.29 is 9.53 Å². The molecule has 1 aromatic rings. The monoisotopic (exact) mass is 310 g/mol. The van der Waals surface area contributed by atoms with Gasteiger partial charge in [0.25, 0.3) is 0 Å². The van der Waals surface area contributed by atoms with Crippen molar-refractivity contribution >= 4 is 23.4 Å². The summed E-state index contributed by atoms with van der Waals surface area (Å²) in [6.07, 6.45) is 0.0437. The van der Waals surface area contributed by atoms with Crippen molar-refractivity contribution in [2.45, 2.75) is 44.3 Å². The highest BCUT2D eigenvalue weighted by Gasteiger charge is 2.13. The molecule has 0 saturated carbocycles. The fraction of sp³-hybridized carbons (Fsp3) is 0.562. The Morgan fingerprint density at radius 1 is 1.43 bits per heavy atom. The third kappa shape index (κ3) is 6.08. The number of nitrogens with one attached hydrogen (secondary N) is 1. The first kappa shape index (κ1) is 18.0. The molecule has 0 fully saturated rings. The van der Waals surface area contributed by atoms with E-state index in [-0.39, 0.29) is 18.4 Å². The predicted octanol–water partition coefficient (Wildman–Crippen LogP) is 2.94. The highest BCUT2D eigenvalue weighted by Crippen LogP contribution is 2.25. The lowest BCUT2D eigenvalue weighted by atomic mass is 10.1. The Balaban J connectivity index is 2.70. The van der Waals surface area contributed by atoms with Crippen LogP contribution < -0.4 is 11.1 Å². The molecule has 1 unspecified atom stereocenters. The Kier molecular flexibility index (Phi) is 7.78. The number of anilines is 1. The van der Waals surface area contributed by atoms with Gasteiger partial charge in [0.05, 0.1) is 12.5 Å². The van der Waals surface area contributed by atoms with Gasteiger partial charge in [0, 0.05) is 25.1 Å². The van der Waals surface area contributed by atoms with E-state index in [1.54, 1.807) is 7.11 Å². The quantitative estimate of drug-likeness (QED) is 0.775. The molecule has 1 atom stereocenters. The van der Waals surface area contributed by atoms with Gasteiger partial charge in [0.15, 0.2) is 0 Å². The largest absolute Gasteiger partial charge is 0.380 e. The van der Waals surface area contributed by atoms with Gasteiger partial charge in [0.1, 0.15) is 0 Å². The van der Waals surface area contributed by atoms with Crippen LogP contribution in [0, 0.1) is 6.92 Å². The molecule has 1 rings (SSSR count). The van der Waals surface area contributed by atoms with Crippen LogP contribution in [0.4, 0.5) is 5.69 Å². The first-order chi connectivity index (χ1) is 9.97. The summed E-state index contributed by atoms with van der Waals surface area (Å²) < 4.78 is 5.14. The van der Waals surface area contributed by atoms with E-state index in [0.717, 1.165) is 17.0 Å². The summed E-state index contributed by atoms with van der Waals surface area (Å²) in [5.74, 6) is 0.889. The average molecular weight is 310 g/mol. The van der Waals surface area contributed by atoms with E-state index in [0.29, 0.717) is 11.8 Å². The molecule has 0 bridgehead atoms. The number of carbonyl (C=O) groups excluding carboxylic acids is 1. The lowest BCUT2D eigenvalue weighted by molar-refractivity contribution is -0.118. The Hall–Kier alpha value is -1.04. The summed E-state index contributed by atoms with van der Waals surface area (Å²) in [4.78, 5) is 12.0. The van der Waals surface area contributed by atoms with Gasteiger partial charge in [-0.3, -0.25) is 4.79 Å². The van der Waals surface area contributed by atoms with Crippen molar-refractivity contribution in [1.29, 1.82) is 0 Å². The number of hydrogen-bond donors (Lipinski definition) is 2. The van der Waals surface area contributed by atoms with Crippen LogP contribution in [0.15, 0.2) is 18.2 Å². The highest BCUT2D eigenvalue weighted by atomic mass is 32.2. The number of benzene rings is 1. The van der Waals surface area contributed by atoms with Crippen LogP contribution in [0.3, 0.4) is 0 Å².